The molecular weight excluding hydrogens is 292 g/mol. The van der Waals surface area contributed by atoms with Gasteiger partial charge in [-0.3, -0.25) is 4.79 Å². The Kier molecular flexibility index (Phi) is 5.36. The summed E-state index contributed by atoms with van der Waals surface area (Å²) in [6.07, 6.45) is 0. The molecule has 120 valence electrons. The van der Waals surface area contributed by atoms with Crippen LogP contribution in [0, 0.1) is 13.8 Å². The maximum atomic E-state index is 12.1. The number of benzene rings is 2. The number of para-hydroxylation sites is 2. The minimum absolute atomic E-state index is 0.169. The quantitative estimate of drug-likeness (QED) is 0.681. The summed E-state index contributed by atoms with van der Waals surface area (Å²) in [6, 6.07) is 13.3. The highest BCUT2D eigenvalue weighted by atomic mass is 16.6. The number of hydrogen-bond donors (Lipinski definition) is 1. The molecule has 0 fully saturated rings. The van der Waals surface area contributed by atoms with Crippen LogP contribution < -0.4 is 10.1 Å². The second-order valence-electron chi connectivity index (χ2n) is 5.02. The van der Waals surface area contributed by atoms with Crippen molar-refractivity contribution in [3.63, 3.8) is 0 Å². The van der Waals surface area contributed by atoms with E-state index in [0.717, 1.165) is 16.9 Å². The molecule has 1 N–H and O–H groups in total. The van der Waals surface area contributed by atoms with Crippen molar-refractivity contribution in [2.75, 3.05) is 14.2 Å². The van der Waals surface area contributed by atoms with Crippen LogP contribution in [0.1, 0.15) is 16.7 Å². The number of carbonyl (C=O) groups excluding carboxylic acids is 1. The van der Waals surface area contributed by atoms with Crippen LogP contribution >= 0.6 is 0 Å². The van der Waals surface area contributed by atoms with Crippen LogP contribution in [0.15, 0.2) is 47.6 Å². The topological polar surface area (TPSA) is 59.9 Å². The zero-order valence-corrected chi connectivity index (χ0v) is 13.7. The van der Waals surface area contributed by atoms with Crippen molar-refractivity contribution in [2.24, 2.45) is 5.16 Å². The highest BCUT2D eigenvalue weighted by Gasteiger charge is 2.20. The third-order valence-corrected chi connectivity index (χ3v) is 3.40. The maximum Gasteiger partial charge on any atom is 0.273 e. The van der Waals surface area contributed by atoms with Gasteiger partial charge in [-0.15, -0.1) is 0 Å². The monoisotopic (exact) mass is 312 g/mol. The molecule has 23 heavy (non-hydrogen) atoms. The molecule has 0 bridgehead atoms. The van der Waals surface area contributed by atoms with Crippen LogP contribution in [0.25, 0.3) is 0 Å². The van der Waals surface area contributed by atoms with Crippen LogP contribution in [0.5, 0.6) is 11.5 Å². The van der Waals surface area contributed by atoms with Gasteiger partial charge in [-0.1, -0.05) is 35.5 Å². The molecule has 2 aromatic carbocycles. The Hall–Kier alpha value is -2.82. The number of aryl methyl sites for hydroxylation is 2. The number of hydrogen-bond acceptors (Lipinski definition) is 4. The first kappa shape index (κ1) is 16.5. The molecule has 0 aliphatic carbocycles. The Balaban J connectivity index is 2.54. The van der Waals surface area contributed by atoms with Gasteiger partial charge in [0, 0.05) is 7.05 Å². The van der Waals surface area contributed by atoms with Crippen molar-refractivity contribution in [1.29, 1.82) is 0 Å². The molecule has 5 heteroatoms. The van der Waals surface area contributed by atoms with Gasteiger partial charge < -0.3 is 14.9 Å². The van der Waals surface area contributed by atoms with E-state index in [-0.39, 0.29) is 11.6 Å². The molecule has 0 aromatic heterocycles. The number of nitrogens with zero attached hydrogens (tertiary/aromatic N) is 1. The summed E-state index contributed by atoms with van der Waals surface area (Å²) in [5.74, 6) is 0.977. The van der Waals surface area contributed by atoms with Gasteiger partial charge in [-0.05, 0) is 37.1 Å². The van der Waals surface area contributed by atoms with Crippen LogP contribution in [0.4, 0.5) is 0 Å². The molecule has 0 heterocycles. The van der Waals surface area contributed by atoms with E-state index in [9.17, 15) is 4.79 Å². The lowest BCUT2D eigenvalue weighted by atomic mass is 10.0. The Morgan fingerprint density at radius 2 is 1.74 bits per heavy atom. The first-order valence-corrected chi connectivity index (χ1v) is 7.25. The van der Waals surface area contributed by atoms with E-state index in [1.54, 1.807) is 13.1 Å². The summed E-state index contributed by atoms with van der Waals surface area (Å²) in [5.41, 5.74) is 2.65. The lowest BCUT2D eigenvalue weighted by Crippen LogP contribution is -2.29. The van der Waals surface area contributed by atoms with Crippen LogP contribution in [-0.2, 0) is 9.63 Å². The molecule has 2 rings (SSSR count). The average Bonchev–Trinajstić information content (AvgIpc) is 2.56. The number of oxime groups is 1. The molecule has 0 atom stereocenters. The lowest BCUT2D eigenvalue weighted by molar-refractivity contribution is -0.114. The molecule has 2 aromatic rings. The van der Waals surface area contributed by atoms with Crippen LogP contribution in [0.3, 0.4) is 0 Å². The van der Waals surface area contributed by atoms with E-state index in [4.69, 9.17) is 9.57 Å². The van der Waals surface area contributed by atoms with Gasteiger partial charge in [0.1, 0.15) is 18.6 Å². The van der Waals surface area contributed by atoms with Gasteiger partial charge >= 0.3 is 0 Å². The molecule has 0 radical (unpaired) electrons. The van der Waals surface area contributed by atoms with Gasteiger partial charge in [-0.25, -0.2) is 0 Å². The fourth-order valence-electron chi connectivity index (χ4n) is 2.18. The average molecular weight is 312 g/mol. The molecule has 1 amide bonds. The fraction of sp³-hybridized carbons (Fsp3) is 0.222. The van der Waals surface area contributed by atoms with Crippen LogP contribution in [0.2, 0.25) is 0 Å². The van der Waals surface area contributed by atoms with Gasteiger partial charge in [0.2, 0.25) is 0 Å². The molecule has 0 aliphatic heterocycles. The fourth-order valence-corrected chi connectivity index (χ4v) is 2.18. The predicted molar refractivity (Wildman–Crippen MR) is 90.0 cm³/mol. The van der Waals surface area contributed by atoms with E-state index in [2.05, 4.69) is 10.5 Å². The molecule has 0 saturated heterocycles. The molecule has 0 aliphatic rings. The van der Waals surface area contributed by atoms with Crippen molar-refractivity contribution in [1.82, 2.24) is 5.32 Å². The van der Waals surface area contributed by atoms with E-state index in [1.807, 2.05) is 50.2 Å². The second kappa shape index (κ2) is 7.45. The Labute approximate surface area is 135 Å². The number of likely N-dealkylation sites (N-methyl/N-ethyl adjacent to an activating group) is 1. The van der Waals surface area contributed by atoms with E-state index in [1.165, 1.54) is 7.11 Å². The third-order valence-electron chi connectivity index (χ3n) is 3.40. The number of ether oxygens (including phenoxy) is 1. The summed E-state index contributed by atoms with van der Waals surface area (Å²) >= 11 is 0. The maximum absolute atomic E-state index is 12.1. The van der Waals surface area contributed by atoms with Gasteiger partial charge in [0.15, 0.2) is 5.71 Å². The zero-order valence-electron chi connectivity index (χ0n) is 13.7. The Bertz CT molecular complexity index is 739. The highest BCUT2D eigenvalue weighted by molar-refractivity contribution is 6.45. The van der Waals surface area contributed by atoms with Gasteiger partial charge in [0.25, 0.3) is 5.91 Å². The Morgan fingerprint density at radius 3 is 2.39 bits per heavy atom. The molecule has 0 unspecified atom stereocenters. The number of nitrogens with one attached hydrogen (secondary N) is 1. The SMILES string of the molecule is CNC(=O)C(=NOC)c1cccc(C)c1Oc1ccccc1C. The number of rotatable bonds is 5. The third kappa shape index (κ3) is 3.69. The molecule has 0 spiro atoms. The Morgan fingerprint density at radius 1 is 1.04 bits per heavy atom. The first-order valence-electron chi connectivity index (χ1n) is 7.25. The van der Waals surface area contributed by atoms with Crippen molar-refractivity contribution in [2.45, 2.75) is 13.8 Å². The van der Waals surface area contributed by atoms with E-state index < -0.39 is 0 Å². The summed E-state index contributed by atoms with van der Waals surface area (Å²) in [4.78, 5) is 16.9. The summed E-state index contributed by atoms with van der Waals surface area (Å²) in [6.45, 7) is 3.89. The molecule has 5 nitrogen and oxygen atoms in total. The van der Waals surface area contributed by atoms with Crippen molar-refractivity contribution < 1.29 is 14.4 Å². The summed E-state index contributed by atoms with van der Waals surface area (Å²) < 4.78 is 6.08. The van der Waals surface area contributed by atoms with Crippen molar-refractivity contribution in [3.05, 3.63) is 59.2 Å². The standard InChI is InChI=1S/C18H20N2O3/c1-12-8-5-6-11-15(12)23-17-13(2)9-7-10-14(17)16(20-22-4)18(21)19-3/h5-11H,1-4H3,(H,19,21). The van der Waals surface area contributed by atoms with Gasteiger partial charge in [0.05, 0.1) is 5.56 Å². The first-order chi connectivity index (χ1) is 11.1. The lowest BCUT2D eigenvalue weighted by Gasteiger charge is -2.15. The largest absolute Gasteiger partial charge is 0.456 e. The number of amides is 1. The smallest absolute Gasteiger partial charge is 0.273 e. The summed E-state index contributed by atoms with van der Waals surface area (Å²) in [7, 11) is 2.95. The minimum atomic E-state index is -0.341. The van der Waals surface area contributed by atoms with Crippen molar-refractivity contribution >= 4 is 11.6 Å². The van der Waals surface area contributed by atoms with Crippen LogP contribution in [-0.4, -0.2) is 25.8 Å². The predicted octanol–water partition coefficient (Wildman–Crippen LogP) is 3.19. The number of carbonyl (C=O) groups is 1. The van der Waals surface area contributed by atoms with E-state index >= 15 is 0 Å². The van der Waals surface area contributed by atoms with Crippen molar-refractivity contribution in [3.8, 4) is 11.5 Å². The molecule has 0 saturated carbocycles. The highest BCUT2D eigenvalue weighted by Crippen LogP contribution is 2.31. The normalized spacial score (nSPS) is 11.0. The summed E-state index contributed by atoms with van der Waals surface area (Å²) in [5, 5.41) is 6.42. The zero-order chi connectivity index (χ0) is 16.8. The minimum Gasteiger partial charge on any atom is -0.456 e. The second-order valence-corrected chi connectivity index (χ2v) is 5.02. The van der Waals surface area contributed by atoms with Gasteiger partial charge in [-0.2, -0.15) is 0 Å². The van der Waals surface area contributed by atoms with E-state index in [0.29, 0.717) is 11.3 Å². The molecular formula is C18H20N2O3.